The number of hydrogen-bond donors (Lipinski definition) is 2. The number of allylic oxidation sites excluding steroid dienone is 4. The minimum absolute atomic E-state index is 0.0313. The van der Waals surface area contributed by atoms with Crippen LogP contribution in [0.4, 0.5) is 19.0 Å². The van der Waals surface area contributed by atoms with E-state index in [0.717, 1.165) is 63.3 Å². The molecule has 7 rings (SSSR count). The average Bonchev–Trinajstić information content (AvgIpc) is 3.73. The molecular weight excluding hydrogens is 629 g/mol. The van der Waals surface area contributed by atoms with Crippen LogP contribution in [0.25, 0.3) is 16.5 Å². The highest BCUT2D eigenvalue weighted by molar-refractivity contribution is 8.04. The predicted octanol–water partition coefficient (Wildman–Crippen LogP) is 4.59. The van der Waals surface area contributed by atoms with Crippen LogP contribution in [0.5, 0.6) is 6.01 Å². The van der Waals surface area contributed by atoms with E-state index in [-0.39, 0.29) is 57.1 Å². The van der Waals surface area contributed by atoms with Crippen molar-refractivity contribution in [3.05, 3.63) is 46.0 Å². The third-order valence-electron chi connectivity index (χ3n) is 9.83. The van der Waals surface area contributed by atoms with Gasteiger partial charge in [0.2, 0.25) is 0 Å². The van der Waals surface area contributed by atoms with Gasteiger partial charge in [-0.3, -0.25) is 9.88 Å². The van der Waals surface area contributed by atoms with Crippen LogP contribution in [0.15, 0.2) is 34.5 Å². The average molecular weight is 669 g/mol. The molecule has 2 saturated heterocycles. The molecule has 14 heteroatoms. The van der Waals surface area contributed by atoms with Crippen molar-refractivity contribution in [2.45, 2.75) is 63.5 Å². The summed E-state index contributed by atoms with van der Waals surface area (Å²) < 4.78 is 58.7. The third-order valence-corrected chi connectivity index (χ3v) is 11.0. The van der Waals surface area contributed by atoms with E-state index in [4.69, 9.17) is 20.2 Å². The van der Waals surface area contributed by atoms with Crippen molar-refractivity contribution in [2.75, 3.05) is 50.8 Å². The first kappa shape index (κ1) is 32.2. The van der Waals surface area contributed by atoms with Gasteiger partial charge in [0.25, 0.3) is 0 Å². The first-order valence-electron chi connectivity index (χ1n) is 16.3. The van der Waals surface area contributed by atoms with E-state index < -0.39 is 28.6 Å². The number of rotatable bonds is 8. The van der Waals surface area contributed by atoms with Crippen LogP contribution in [0.2, 0.25) is 0 Å². The van der Waals surface area contributed by atoms with Crippen molar-refractivity contribution in [3.8, 4) is 12.1 Å². The lowest BCUT2D eigenvalue weighted by Crippen LogP contribution is -2.50. The number of nitrogens with zero attached hydrogens (tertiary/aromatic N) is 6. The summed E-state index contributed by atoms with van der Waals surface area (Å²) in [7, 11) is 0. The summed E-state index contributed by atoms with van der Waals surface area (Å²) in [5.74, 6) is -3.46. The number of pyridine rings is 1. The van der Waals surface area contributed by atoms with E-state index in [1.807, 2.05) is 6.07 Å². The van der Waals surface area contributed by atoms with E-state index in [9.17, 15) is 14.0 Å². The molecule has 0 amide bonds. The molecular formula is C33H39F3N8O2S. The number of nitrogens with two attached hydrogens (primary N) is 1. The molecule has 0 radical (unpaired) electrons. The van der Waals surface area contributed by atoms with Crippen molar-refractivity contribution < 1.29 is 22.6 Å². The van der Waals surface area contributed by atoms with Crippen LogP contribution in [-0.4, -0.2) is 89.2 Å². The summed E-state index contributed by atoms with van der Waals surface area (Å²) in [5.41, 5.74) is 5.84. The maximum absolute atomic E-state index is 16.7. The molecule has 3 N–H and O–H groups in total. The lowest BCUT2D eigenvalue weighted by Gasteiger charge is -2.37. The monoisotopic (exact) mass is 668 g/mol. The highest BCUT2D eigenvalue weighted by atomic mass is 32.2. The number of halogens is 3. The molecule has 0 bridgehead atoms. The fourth-order valence-electron chi connectivity index (χ4n) is 7.31. The second-order valence-corrected chi connectivity index (χ2v) is 14.6. The summed E-state index contributed by atoms with van der Waals surface area (Å²) in [6, 6.07) is 2.28. The molecule has 2 aromatic heterocycles. The number of morpholine rings is 1. The molecule has 2 aromatic rings. The number of nitriles is 1. The Morgan fingerprint density at radius 3 is 2.66 bits per heavy atom. The van der Waals surface area contributed by atoms with Gasteiger partial charge in [-0.15, -0.1) is 0 Å². The molecule has 5 aliphatic rings. The third kappa shape index (κ3) is 6.07. The Bertz CT molecular complexity index is 1710. The molecule has 0 aromatic carbocycles. The Balaban J connectivity index is 1.26. The van der Waals surface area contributed by atoms with Crippen LogP contribution in [0, 0.1) is 28.5 Å². The van der Waals surface area contributed by atoms with E-state index in [2.05, 4.69) is 45.9 Å². The topological polar surface area (TPSA) is 125 Å². The van der Waals surface area contributed by atoms with Gasteiger partial charge in [-0.1, -0.05) is 18.7 Å². The Kier molecular flexibility index (Phi) is 8.61. The standard InChI is InChI=1S/C33H39F3N8O2S/c1-4-19-14-44(8-7-39-19)31-22-11-40-27(20-9-23(34)25(35)29-24(20)21(10-37)30(38)47-29)26(36)28(22)41-32(42-31)45-16-33(5-6-33)15-43-12-17(2)46-18(3)13-43/h9,11,17-19,24,29,39H,4-8,12-16,38H2,1-3H3/t17-,18-,19?,24?,29?/m1/s1. The number of piperazine rings is 1. The van der Waals surface area contributed by atoms with Gasteiger partial charge in [-0.05, 0) is 44.8 Å². The van der Waals surface area contributed by atoms with Crippen molar-refractivity contribution in [3.63, 3.8) is 0 Å². The maximum Gasteiger partial charge on any atom is 0.319 e. The second kappa shape index (κ2) is 12.6. The quantitative estimate of drug-likeness (QED) is 0.410. The fourth-order valence-corrected chi connectivity index (χ4v) is 8.52. The number of nitrogens with one attached hydrogen (secondary N) is 1. The SMILES string of the molecule is CCC1CN(c2nc(OCC3(CN4C[C@@H](C)O[C@H](C)C4)CC3)nc3c(F)c(C4=CC(F)=C(F)C5SC(N)=C(C#N)C45)ncc23)CCN1. The number of ether oxygens (including phenoxy) is 2. The molecule has 47 heavy (non-hydrogen) atoms. The lowest BCUT2D eigenvalue weighted by atomic mass is 9.82. The minimum atomic E-state index is -1.14. The van der Waals surface area contributed by atoms with Gasteiger partial charge in [0.1, 0.15) is 22.9 Å². The normalized spacial score (nSPS) is 29.2. The van der Waals surface area contributed by atoms with E-state index in [1.165, 1.54) is 6.20 Å². The summed E-state index contributed by atoms with van der Waals surface area (Å²) >= 11 is 0.857. The van der Waals surface area contributed by atoms with Gasteiger partial charge < -0.3 is 25.4 Å². The molecule has 250 valence electrons. The van der Waals surface area contributed by atoms with Crippen molar-refractivity contribution in [2.24, 2.45) is 17.1 Å². The highest BCUT2D eigenvalue weighted by Gasteiger charge is 2.47. The Labute approximate surface area is 276 Å². The van der Waals surface area contributed by atoms with Crippen LogP contribution in [0.3, 0.4) is 0 Å². The highest BCUT2D eigenvalue weighted by Crippen LogP contribution is 2.53. The summed E-state index contributed by atoms with van der Waals surface area (Å²) in [6.45, 7) is 11.3. The number of hydrogen-bond acceptors (Lipinski definition) is 11. The van der Waals surface area contributed by atoms with E-state index in [1.54, 1.807) is 0 Å². The van der Waals surface area contributed by atoms with Crippen LogP contribution in [0.1, 0.15) is 45.7 Å². The van der Waals surface area contributed by atoms with Crippen LogP contribution in [-0.2, 0) is 4.74 Å². The van der Waals surface area contributed by atoms with Gasteiger partial charge in [0, 0.05) is 62.8 Å². The van der Waals surface area contributed by atoms with Gasteiger partial charge in [0.15, 0.2) is 11.6 Å². The van der Waals surface area contributed by atoms with Gasteiger partial charge in [-0.2, -0.15) is 15.2 Å². The van der Waals surface area contributed by atoms with Crippen molar-refractivity contribution >= 4 is 34.1 Å². The van der Waals surface area contributed by atoms with Crippen LogP contribution < -0.4 is 20.7 Å². The number of fused-ring (bicyclic) bond motifs is 2. The largest absolute Gasteiger partial charge is 0.463 e. The van der Waals surface area contributed by atoms with E-state index >= 15 is 4.39 Å². The first-order chi connectivity index (χ1) is 22.6. The summed E-state index contributed by atoms with van der Waals surface area (Å²) in [6.07, 6.45) is 5.63. The molecule has 2 aliphatic carbocycles. The molecule has 3 aliphatic heterocycles. The number of anilines is 1. The second-order valence-electron chi connectivity index (χ2n) is 13.5. The Hall–Kier alpha value is -3.38. The zero-order valence-corrected chi connectivity index (χ0v) is 27.5. The molecule has 5 atom stereocenters. The zero-order chi connectivity index (χ0) is 33.0. The Morgan fingerprint density at radius 2 is 1.96 bits per heavy atom. The lowest BCUT2D eigenvalue weighted by molar-refractivity contribution is -0.0741. The van der Waals surface area contributed by atoms with Gasteiger partial charge in [0.05, 0.1) is 46.1 Å². The molecule has 5 heterocycles. The van der Waals surface area contributed by atoms with Crippen molar-refractivity contribution in [1.82, 2.24) is 25.2 Å². The van der Waals surface area contributed by atoms with E-state index in [0.29, 0.717) is 30.9 Å². The first-order valence-corrected chi connectivity index (χ1v) is 17.2. The fraction of sp³-hybridized carbons (Fsp3) is 0.576. The zero-order valence-electron chi connectivity index (χ0n) is 26.7. The number of thioether (sulfide) groups is 1. The molecule has 3 fully saturated rings. The molecule has 1 saturated carbocycles. The molecule has 0 spiro atoms. The van der Waals surface area contributed by atoms with Gasteiger partial charge in [-0.25, -0.2) is 13.2 Å². The summed E-state index contributed by atoms with van der Waals surface area (Å²) in [5, 5.41) is 12.7. The number of aromatic nitrogens is 3. The summed E-state index contributed by atoms with van der Waals surface area (Å²) in [4.78, 5) is 18.3. The maximum atomic E-state index is 16.7. The molecule has 3 unspecified atom stereocenters. The smallest absolute Gasteiger partial charge is 0.319 e. The minimum Gasteiger partial charge on any atom is -0.463 e. The van der Waals surface area contributed by atoms with Gasteiger partial charge >= 0.3 is 6.01 Å². The predicted molar refractivity (Wildman–Crippen MR) is 174 cm³/mol. The van der Waals surface area contributed by atoms with Crippen molar-refractivity contribution in [1.29, 1.82) is 5.26 Å². The van der Waals surface area contributed by atoms with Crippen LogP contribution >= 0.6 is 11.8 Å². The Morgan fingerprint density at radius 1 is 1.19 bits per heavy atom. The molecule has 10 nitrogen and oxygen atoms in total.